The molecule has 0 saturated carbocycles. The van der Waals surface area contributed by atoms with Gasteiger partial charge in [-0.1, -0.05) is 55.5 Å². The Hall–Kier alpha value is -3.22. The van der Waals surface area contributed by atoms with Gasteiger partial charge in [-0.15, -0.1) is 0 Å². The number of phenolic OH excluding ortho intramolecular Hbond substituents is 1. The number of rotatable bonds is 1. The molecule has 1 heterocycles. The van der Waals surface area contributed by atoms with Crippen LogP contribution in [-0.4, -0.2) is 45.4 Å². The van der Waals surface area contributed by atoms with Gasteiger partial charge in [0.15, 0.2) is 5.78 Å². The topological polar surface area (TPSA) is 104 Å². The standard InChI is InChI=1S/C25H26O6/c1-15-11-12-21(27)24(29)20(26)10-6-9-18-13-19(17-7-4-3-5-8-17)14-22(28)23(18)25(30)31-16(15)2/h3-9,11-16,20,24,26,28-29H,10H2,1-2H3/b9-6+,12-11-/t15-,16-,20?,24?/m0/s1. The van der Waals surface area contributed by atoms with Crippen LogP contribution in [0.15, 0.2) is 60.7 Å². The molecular formula is C25H26O6. The first-order valence-electron chi connectivity index (χ1n) is 10.2. The molecule has 2 unspecified atom stereocenters. The quantitative estimate of drug-likeness (QED) is 0.608. The third-order valence-corrected chi connectivity index (χ3v) is 5.39. The van der Waals surface area contributed by atoms with Gasteiger partial charge in [0.05, 0.1) is 6.10 Å². The van der Waals surface area contributed by atoms with Gasteiger partial charge in [-0.25, -0.2) is 4.79 Å². The van der Waals surface area contributed by atoms with E-state index in [1.165, 1.54) is 18.2 Å². The molecule has 6 heteroatoms. The Kier molecular flexibility index (Phi) is 7.05. The van der Waals surface area contributed by atoms with E-state index in [2.05, 4.69) is 0 Å². The Morgan fingerprint density at radius 3 is 2.39 bits per heavy atom. The van der Waals surface area contributed by atoms with Crippen molar-refractivity contribution in [3.05, 3.63) is 71.8 Å². The van der Waals surface area contributed by atoms with Crippen LogP contribution in [0.25, 0.3) is 17.2 Å². The monoisotopic (exact) mass is 422 g/mol. The normalized spacial score (nSPS) is 27.0. The number of cyclic esters (lactones) is 1. The molecule has 1 aliphatic rings. The van der Waals surface area contributed by atoms with Crippen LogP contribution in [0, 0.1) is 5.92 Å². The van der Waals surface area contributed by atoms with Crippen LogP contribution in [-0.2, 0) is 9.53 Å². The average Bonchev–Trinajstić information content (AvgIpc) is 2.76. The first-order chi connectivity index (χ1) is 14.8. The third-order valence-electron chi connectivity index (χ3n) is 5.39. The molecule has 6 nitrogen and oxygen atoms in total. The fraction of sp³-hybridized carbons (Fsp3) is 0.280. The third kappa shape index (κ3) is 5.29. The molecule has 0 saturated heterocycles. The summed E-state index contributed by atoms with van der Waals surface area (Å²) in [4.78, 5) is 25.0. The van der Waals surface area contributed by atoms with Crippen LogP contribution >= 0.6 is 0 Å². The lowest BCUT2D eigenvalue weighted by Gasteiger charge is -2.20. The van der Waals surface area contributed by atoms with Crippen LogP contribution in [0.5, 0.6) is 5.75 Å². The van der Waals surface area contributed by atoms with E-state index in [-0.39, 0.29) is 23.7 Å². The highest BCUT2D eigenvalue weighted by atomic mass is 16.5. The Morgan fingerprint density at radius 2 is 1.68 bits per heavy atom. The summed E-state index contributed by atoms with van der Waals surface area (Å²) in [5, 5.41) is 30.9. The average molecular weight is 422 g/mol. The minimum Gasteiger partial charge on any atom is -0.507 e. The zero-order valence-corrected chi connectivity index (χ0v) is 17.4. The summed E-state index contributed by atoms with van der Waals surface area (Å²) < 4.78 is 5.54. The molecule has 2 aromatic rings. The molecule has 0 amide bonds. The Balaban J connectivity index is 2.08. The maximum Gasteiger partial charge on any atom is 0.342 e. The lowest BCUT2D eigenvalue weighted by atomic mass is 9.96. The lowest BCUT2D eigenvalue weighted by Crippen LogP contribution is -2.32. The van der Waals surface area contributed by atoms with Crippen molar-refractivity contribution in [3.63, 3.8) is 0 Å². The molecular weight excluding hydrogens is 396 g/mol. The lowest BCUT2D eigenvalue weighted by molar-refractivity contribution is -0.127. The van der Waals surface area contributed by atoms with Gasteiger partial charge < -0.3 is 20.1 Å². The van der Waals surface area contributed by atoms with Gasteiger partial charge in [0.1, 0.15) is 23.5 Å². The SMILES string of the molecule is C[C@@H]1OC(=O)c2c(O)cc(-c3ccccc3)cc2/C=C/CC(O)C(O)C(=O)/C=C\[C@@H]1C. The number of carbonyl (C=O) groups excluding carboxylic acids is 2. The summed E-state index contributed by atoms with van der Waals surface area (Å²) in [6, 6.07) is 12.6. The molecule has 3 N–H and O–H groups in total. The fourth-order valence-corrected chi connectivity index (χ4v) is 3.29. The molecule has 0 spiro atoms. The van der Waals surface area contributed by atoms with E-state index in [1.807, 2.05) is 30.3 Å². The van der Waals surface area contributed by atoms with Crippen molar-refractivity contribution in [2.45, 2.75) is 38.6 Å². The van der Waals surface area contributed by atoms with Crippen molar-refractivity contribution in [2.75, 3.05) is 0 Å². The van der Waals surface area contributed by atoms with E-state index >= 15 is 0 Å². The van der Waals surface area contributed by atoms with Gasteiger partial charge in [0, 0.05) is 5.92 Å². The van der Waals surface area contributed by atoms with E-state index in [0.717, 1.165) is 5.56 Å². The zero-order valence-electron chi connectivity index (χ0n) is 17.4. The smallest absolute Gasteiger partial charge is 0.342 e. The number of aliphatic hydroxyl groups is 2. The molecule has 0 aromatic heterocycles. The van der Waals surface area contributed by atoms with Gasteiger partial charge >= 0.3 is 5.97 Å². The zero-order chi connectivity index (χ0) is 22.5. The maximum atomic E-state index is 12.9. The number of carbonyl (C=O) groups is 2. The van der Waals surface area contributed by atoms with Crippen LogP contribution in [0.2, 0.25) is 0 Å². The van der Waals surface area contributed by atoms with E-state index in [4.69, 9.17) is 4.74 Å². The highest BCUT2D eigenvalue weighted by molar-refractivity contribution is 5.98. The minimum absolute atomic E-state index is 0.0159. The highest BCUT2D eigenvalue weighted by Crippen LogP contribution is 2.32. The van der Waals surface area contributed by atoms with Crippen LogP contribution in [0.1, 0.15) is 36.2 Å². The maximum absolute atomic E-state index is 12.9. The van der Waals surface area contributed by atoms with Gasteiger partial charge in [-0.05, 0) is 48.2 Å². The van der Waals surface area contributed by atoms with Crippen molar-refractivity contribution >= 4 is 17.8 Å². The molecule has 0 fully saturated rings. The summed E-state index contributed by atoms with van der Waals surface area (Å²) in [6.07, 6.45) is 2.36. The molecule has 0 radical (unpaired) electrons. The summed E-state index contributed by atoms with van der Waals surface area (Å²) in [6.45, 7) is 3.44. The van der Waals surface area contributed by atoms with Crippen molar-refractivity contribution in [1.82, 2.24) is 0 Å². The number of phenols is 1. The van der Waals surface area contributed by atoms with Crippen LogP contribution in [0.4, 0.5) is 0 Å². The number of hydrogen-bond donors (Lipinski definition) is 3. The van der Waals surface area contributed by atoms with E-state index in [0.29, 0.717) is 11.1 Å². The predicted octanol–water partition coefficient (Wildman–Crippen LogP) is 3.50. The van der Waals surface area contributed by atoms with Gasteiger partial charge in [0.2, 0.25) is 0 Å². The number of ether oxygens (including phenoxy) is 1. The number of benzene rings is 2. The molecule has 4 atom stereocenters. The minimum atomic E-state index is -1.56. The number of aromatic hydroxyl groups is 1. The van der Waals surface area contributed by atoms with E-state index in [1.54, 1.807) is 32.1 Å². The molecule has 2 aromatic carbocycles. The summed E-state index contributed by atoms with van der Waals surface area (Å²) in [5.74, 6) is -1.85. The summed E-state index contributed by atoms with van der Waals surface area (Å²) >= 11 is 0. The number of aliphatic hydroxyl groups excluding tert-OH is 2. The molecule has 162 valence electrons. The van der Waals surface area contributed by atoms with Crippen molar-refractivity contribution in [2.24, 2.45) is 5.92 Å². The second kappa shape index (κ2) is 9.73. The van der Waals surface area contributed by atoms with E-state index < -0.39 is 30.1 Å². The molecule has 1 aliphatic heterocycles. The Bertz CT molecular complexity index is 1010. The van der Waals surface area contributed by atoms with Crippen LogP contribution < -0.4 is 0 Å². The second-order valence-electron chi connectivity index (χ2n) is 7.71. The first-order valence-corrected chi connectivity index (χ1v) is 10.2. The predicted molar refractivity (Wildman–Crippen MR) is 117 cm³/mol. The molecule has 0 aliphatic carbocycles. The Labute approximate surface area is 181 Å². The fourth-order valence-electron chi connectivity index (χ4n) is 3.29. The molecule has 0 bridgehead atoms. The van der Waals surface area contributed by atoms with Gasteiger partial charge in [0.25, 0.3) is 0 Å². The second-order valence-corrected chi connectivity index (χ2v) is 7.71. The highest BCUT2D eigenvalue weighted by Gasteiger charge is 2.25. The van der Waals surface area contributed by atoms with E-state index in [9.17, 15) is 24.9 Å². The Morgan fingerprint density at radius 1 is 0.968 bits per heavy atom. The number of esters is 1. The van der Waals surface area contributed by atoms with Gasteiger partial charge in [-0.2, -0.15) is 0 Å². The molecule has 31 heavy (non-hydrogen) atoms. The summed E-state index contributed by atoms with van der Waals surface area (Å²) in [7, 11) is 0. The first kappa shape index (κ1) is 22.5. The number of hydrogen-bond acceptors (Lipinski definition) is 6. The van der Waals surface area contributed by atoms with Crippen molar-refractivity contribution < 1.29 is 29.6 Å². The number of ketones is 1. The van der Waals surface area contributed by atoms with Crippen molar-refractivity contribution in [1.29, 1.82) is 0 Å². The molecule has 3 rings (SSSR count). The largest absolute Gasteiger partial charge is 0.507 e. The summed E-state index contributed by atoms with van der Waals surface area (Å²) in [5.41, 5.74) is 1.98. The number of fused-ring (bicyclic) bond motifs is 1. The van der Waals surface area contributed by atoms with Gasteiger partial charge in [-0.3, -0.25) is 4.79 Å². The van der Waals surface area contributed by atoms with Crippen molar-refractivity contribution in [3.8, 4) is 16.9 Å². The van der Waals surface area contributed by atoms with Crippen LogP contribution in [0.3, 0.4) is 0 Å².